The standard InChI is InChI=1S/C7H15N/c1-6(2)4-5-7(3)8/h4,7H,5,8H2,1-3H3. The first-order valence-corrected chi connectivity index (χ1v) is 3.02. The molecule has 0 aliphatic carbocycles. The molecule has 0 saturated heterocycles. The molecular weight excluding hydrogens is 98.1 g/mol. The zero-order valence-corrected chi connectivity index (χ0v) is 5.94. The third-order valence-electron chi connectivity index (χ3n) is 0.898. The van der Waals surface area contributed by atoms with E-state index in [1.165, 1.54) is 5.57 Å². The molecule has 2 N–H and O–H groups in total. The van der Waals surface area contributed by atoms with Gasteiger partial charge in [-0.05, 0) is 27.2 Å². The van der Waals surface area contributed by atoms with Crippen molar-refractivity contribution in [1.29, 1.82) is 0 Å². The smallest absolute Gasteiger partial charge is 0.00450 e. The monoisotopic (exact) mass is 113 g/mol. The number of rotatable bonds is 2. The highest BCUT2D eigenvalue weighted by Crippen LogP contribution is 1.94. The summed E-state index contributed by atoms with van der Waals surface area (Å²) in [5, 5.41) is 0. The van der Waals surface area contributed by atoms with E-state index < -0.39 is 0 Å². The van der Waals surface area contributed by atoms with Gasteiger partial charge in [0, 0.05) is 6.04 Å². The van der Waals surface area contributed by atoms with E-state index >= 15 is 0 Å². The van der Waals surface area contributed by atoms with Gasteiger partial charge in [-0.1, -0.05) is 11.6 Å². The molecule has 0 amide bonds. The van der Waals surface area contributed by atoms with Crippen LogP contribution in [0.5, 0.6) is 0 Å². The van der Waals surface area contributed by atoms with Crippen molar-refractivity contribution >= 4 is 0 Å². The number of allylic oxidation sites excluding steroid dienone is 1. The van der Waals surface area contributed by atoms with E-state index in [2.05, 4.69) is 19.9 Å². The van der Waals surface area contributed by atoms with Gasteiger partial charge < -0.3 is 5.73 Å². The predicted octanol–water partition coefficient (Wildman–Crippen LogP) is 1.69. The Balaban J connectivity index is 3.29. The van der Waals surface area contributed by atoms with Crippen molar-refractivity contribution in [2.75, 3.05) is 0 Å². The second kappa shape index (κ2) is 3.67. The molecule has 0 aromatic carbocycles. The van der Waals surface area contributed by atoms with Crippen LogP contribution in [-0.4, -0.2) is 6.04 Å². The van der Waals surface area contributed by atoms with Gasteiger partial charge >= 0.3 is 0 Å². The second-order valence-corrected chi connectivity index (χ2v) is 2.49. The summed E-state index contributed by atoms with van der Waals surface area (Å²) in [5.41, 5.74) is 6.85. The summed E-state index contributed by atoms with van der Waals surface area (Å²) in [6, 6.07) is 0.310. The molecule has 0 spiro atoms. The van der Waals surface area contributed by atoms with Crippen molar-refractivity contribution in [3.63, 3.8) is 0 Å². The number of hydrogen-bond acceptors (Lipinski definition) is 1. The maximum absolute atomic E-state index is 5.50. The molecule has 1 heteroatoms. The van der Waals surface area contributed by atoms with Gasteiger partial charge in [-0.15, -0.1) is 0 Å². The fraction of sp³-hybridized carbons (Fsp3) is 0.714. The van der Waals surface area contributed by atoms with Crippen LogP contribution in [0.2, 0.25) is 0 Å². The first-order chi connectivity index (χ1) is 3.63. The minimum atomic E-state index is 0.310. The Labute approximate surface area is 51.6 Å². The van der Waals surface area contributed by atoms with E-state index in [1.807, 2.05) is 6.92 Å². The Hall–Kier alpha value is -0.300. The molecule has 8 heavy (non-hydrogen) atoms. The molecule has 0 rings (SSSR count). The van der Waals surface area contributed by atoms with Crippen LogP contribution in [0, 0.1) is 0 Å². The Morgan fingerprint density at radius 2 is 2.12 bits per heavy atom. The Morgan fingerprint density at radius 3 is 2.25 bits per heavy atom. The molecule has 1 nitrogen and oxygen atoms in total. The molecule has 0 aliphatic heterocycles. The Bertz CT molecular complexity index is 78.4. The molecule has 0 saturated carbocycles. The molecule has 0 heterocycles. The highest BCUT2D eigenvalue weighted by Gasteiger charge is 1.86. The van der Waals surface area contributed by atoms with Crippen LogP contribution >= 0.6 is 0 Å². The van der Waals surface area contributed by atoms with E-state index in [4.69, 9.17) is 5.73 Å². The van der Waals surface area contributed by atoms with Gasteiger partial charge in [-0.25, -0.2) is 0 Å². The lowest BCUT2D eigenvalue weighted by Crippen LogP contribution is -2.12. The average molecular weight is 113 g/mol. The zero-order chi connectivity index (χ0) is 6.57. The first kappa shape index (κ1) is 7.70. The lowest BCUT2D eigenvalue weighted by molar-refractivity contribution is 0.754. The molecule has 1 atom stereocenters. The second-order valence-electron chi connectivity index (χ2n) is 2.49. The molecule has 0 aromatic heterocycles. The highest BCUT2D eigenvalue weighted by molar-refractivity contribution is 4.94. The lowest BCUT2D eigenvalue weighted by atomic mass is 10.2. The van der Waals surface area contributed by atoms with Gasteiger partial charge in [0.25, 0.3) is 0 Å². The van der Waals surface area contributed by atoms with Crippen LogP contribution < -0.4 is 5.73 Å². The third kappa shape index (κ3) is 5.70. The first-order valence-electron chi connectivity index (χ1n) is 3.02. The van der Waals surface area contributed by atoms with Gasteiger partial charge in [0.05, 0.1) is 0 Å². The van der Waals surface area contributed by atoms with Crippen molar-refractivity contribution in [2.45, 2.75) is 33.2 Å². The molecule has 0 aromatic rings. The minimum Gasteiger partial charge on any atom is -0.328 e. The van der Waals surface area contributed by atoms with Crippen LogP contribution in [-0.2, 0) is 0 Å². The Morgan fingerprint density at radius 1 is 1.62 bits per heavy atom. The molecule has 0 bridgehead atoms. The highest BCUT2D eigenvalue weighted by atomic mass is 14.6. The number of hydrogen-bond donors (Lipinski definition) is 1. The van der Waals surface area contributed by atoms with Crippen LogP contribution in [0.3, 0.4) is 0 Å². The van der Waals surface area contributed by atoms with E-state index in [1.54, 1.807) is 0 Å². The van der Waals surface area contributed by atoms with E-state index in [0.717, 1.165) is 6.42 Å². The van der Waals surface area contributed by atoms with Crippen molar-refractivity contribution in [2.24, 2.45) is 5.73 Å². The fourth-order valence-corrected chi connectivity index (χ4v) is 0.422. The quantitative estimate of drug-likeness (QED) is 0.542. The van der Waals surface area contributed by atoms with Gasteiger partial charge in [-0.2, -0.15) is 0 Å². The summed E-state index contributed by atoms with van der Waals surface area (Å²) in [7, 11) is 0. The summed E-state index contributed by atoms with van der Waals surface area (Å²) >= 11 is 0. The summed E-state index contributed by atoms with van der Waals surface area (Å²) in [6.07, 6.45) is 3.16. The summed E-state index contributed by atoms with van der Waals surface area (Å²) in [6.45, 7) is 6.18. The average Bonchev–Trinajstić information content (AvgIpc) is 1.61. The molecule has 1 unspecified atom stereocenters. The largest absolute Gasteiger partial charge is 0.328 e. The minimum absolute atomic E-state index is 0.310. The summed E-state index contributed by atoms with van der Waals surface area (Å²) in [5.74, 6) is 0. The summed E-state index contributed by atoms with van der Waals surface area (Å²) in [4.78, 5) is 0. The van der Waals surface area contributed by atoms with E-state index in [0.29, 0.717) is 6.04 Å². The van der Waals surface area contributed by atoms with Crippen molar-refractivity contribution in [1.82, 2.24) is 0 Å². The third-order valence-corrected chi connectivity index (χ3v) is 0.898. The predicted molar refractivity (Wildman–Crippen MR) is 37.7 cm³/mol. The number of nitrogens with two attached hydrogens (primary N) is 1. The van der Waals surface area contributed by atoms with Gasteiger partial charge in [0.2, 0.25) is 0 Å². The topological polar surface area (TPSA) is 26.0 Å². The van der Waals surface area contributed by atoms with Crippen LogP contribution in [0.1, 0.15) is 27.2 Å². The SMILES string of the molecule is CC(C)=CCC(C)N. The maximum atomic E-state index is 5.50. The van der Waals surface area contributed by atoms with E-state index in [-0.39, 0.29) is 0 Å². The van der Waals surface area contributed by atoms with Crippen molar-refractivity contribution in [3.8, 4) is 0 Å². The molecule has 48 valence electrons. The summed E-state index contributed by atoms with van der Waals surface area (Å²) < 4.78 is 0. The zero-order valence-electron chi connectivity index (χ0n) is 5.94. The van der Waals surface area contributed by atoms with Gasteiger partial charge in [0.15, 0.2) is 0 Å². The maximum Gasteiger partial charge on any atom is 0.00450 e. The molecule has 0 radical (unpaired) electrons. The molecule has 0 fully saturated rings. The normalized spacial score (nSPS) is 13.0. The molecule has 0 aliphatic rings. The Kier molecular flexibility index (Phi) is 3.53. The lowest BCUT2D eigenvalue weighted by Gasteiger charge is -1.97. The van der Waals surface area contributed by atoms with Crippen LogP contribution in [0.15, 0.2) is 11.6 Å². The van der Waals surface area contributed by atoms with Crippen molar-refractivity contribution < 1.29 is 0 Å². The van der Waals surface area contributed by atoms with Crippen LogP contribution in [0.25, 0.3) is 0 Å². The fourth-order valence-electron chi connectivity index (χ4n) is 0.422. The molecular formula is C7H15N. The van der Waals surface area contributed by atoms with Gasteiger partial charge in [-0.3, -0.25) is 0 Å². The van der Waals surface area contributed by atoms with Gasteiger partial charge in [0.1, 0.15) is 0 Å². The van der Waals surface area contributed by atoms with Crippen molar-refractivity contribution in [3.05, 3.63) is 11.6 Å². The van der Waals surface area contributed by atoms with Crippen LogP contribution in [0.4, 0.5) is 0 Å². The van der Waals surface area contributed by atoms with E-state index in [9.17, 15) is 0 Å².